The van der Waals surface area contributed by atoms with Crippen LogP contribution >= 0.6 is 0 Å². The molecule has 0 N–H and O–H groups in total. The number of halogens is 1. The van der Waals surface area contributed by atoms with Crippen LogP contribution in [-0.4, -0.2) is 48.7 Å². The van der Waals surface area contributed by atoms with E-state index < -0.39 is 11.7 Å². The van der Waals surface area contributed by atoms with Gasteiger partial charge in [0.1, 0.15) is 11.7 Å². The third kappa shape index (κ3) is 5.50. The Bertz CT molecular complexity index is 865. The van der Waals surface area contributed by atoms with E-state index in [4.69, 9.17) is 4.74 Å². The minimum Gasteiger partial charge on any atom is -0.465 e. The third-order valence-electron chi connectivity index (χ3n) is 4.95. The molecule has 0 saturated carbocycles. The Kier molecular flexibility index (Phi) is 7.11. The summed E-state index contributed by atoms with van der Waals surface area (Å²) >= 11 is 0. The van der Waals surface area contributed by atoms with E-state index in [2.05, 4.69) is 4.99 Å². The van der Waals surface area contributed by atoms with Crippen molar-refractivity contribution in [3.8, 4) is 0 Å². The summed E-state index contributed by atoms with van der Waals surface area (Å²) in [5.41, 5.74) is 2.37. The highest BCUT2D eigenvalue weighted by atomic mass is 19.1. The maximum absolute atomic E-state index is 13.1. The first-order valence-corrected chi connectivity index (χ1v) is 9.87. The van der Waals surface area contributed by atoms with E-state index in [0.29, 0.717) is 25.1 Å². The maximum atomic E-state index is 13.1. The number of hydrogen-bond acceptors (Lipinski definition) is 4. The summed E-state index contributed by atoms with van der Waals surface area (Å²) in [6, 6.07) is 15.5. The third-order valence-corrected chi connectivity index (χ3v) is 4.95. The number of amides is 1. The molecule has 0 radical (unpaired) electrons. The van der Waals surface area contributed by atoms with E-state index in [0.717, 1.165) is 12.1 Å². The van der Waals surface area contributed by atoms with Crippen molar-refractivity contribution in [1.29, 1.82) is 0 Å². The van der Waals surface area contributed by atoms with E-state index in [1.165, 1.54) is 29.8 Å². The van der Waals surface area contributed by atoms with Crippen molar-refractivity contribution < 1.29 is 18.7 Å². The van der Waals surface area contributed by atoms with Gasteiger partial charge in [0.15, 0.2) is 0 Å². The topological polar surface area (TPSA) is 59.0 Å². The Morgan fingerprint density at radius 1 is 1.14 bits per heavy atom. The van der Waals surface area contributed by atoms with Gasteiger partial charge >= 0.3 is 5.97 Å². The molecule has 0 spiro atoms. The number of benzene rings is 2. The molecule has 6 heteroatoms. The lowest BCUT2D eigenvalue weighted by molar-refractivity contribution is -0.146. The number of esters is 1. The van der Waals surface area contributed by atoms with Gasteiger partial charge in [0, 0.05) is 37.3 Å². The molecule has 152 valence electrons. The highest BCUT2D eigenvalue weighted by Crippen LogP contribution is 2.19. The molecule has 3 rings (SSSR count). The summed E-state index contributed by atoms with van der Waals surface area (Å²) in [7, 11) is 0. The Hall–Kier alpha value is -3.02. The van der Waals surface area contributed by atoms with Crippen LogP contribution < -0.4 is 0 Å². The molecule has 2 aromatic rings. The normalized spacial score (nSPS) is 17.9. The van der Waals surface area contributed by atoms with Crippen molar-refractivity contribution in [3.63, 3.8) is 0 Å². The first kappa shape index (κ1) is 20.7. The van der Waals surface area contributed by atoms with Crippen LogP contribution in [0.2, 0.25) is 0 Å². The van der Waals surface area contributed by atoms with Gasteiger partial charge in [0.25, 0.3) is 5.91 Å². The fourth-order valence-electron chi connectivity index (χ4n) is 3.42. The van der Waals surface area contributed by atoms with Crippen LogP contribution in [0.25, 0.3) is 0 Å². The van der Waals surface area contributed by atoms with Gasteiger partial charge in [0.05, 0.1) is 6.61 Å². The van der Waals surface area contributed by atoms with E-state index in [1.807, 2.05) is 30.3 Å². The fourth-order valence-corrected chi connectivity index (χ4v) is 3.42. The average molecular weight is 396 g/mol. The zero-order chi connectivity index (χ0) is 20.6. The average Bonchev–Trinajstić information content (AvgIpc) is 2.75. The molecule has 1 aliphatic rings. The second kappa shape index (κ2) is 9.96. The van der Waals surface area contributed by atoms with Crippen LogP contribution in [0.1, 0.15) is 29.3 Å². The summed E-state index contributed by atoms with van der Waals surface area (Å²) in [4.78, 5) is 31.5. The smallest absolute Gasteiger partial charge is 0.316 e. The SMILES string of the molecule is CCOC(=O)C1CN(C(=O)c2ccc(F)cc2)CCC1=NCCc1ccccc1. The van der Waals surface area contributed by atoms with Gasteiger partial charge in [-0.05, 0) is 43.2 Å². The zero-order valence-electron chi connectivity index (χ0n) is 16.5. The Balaban J connectivity index is 1.70. The molecule has 1 atom stereocenters. The lowest BCUT2D eigenvalue weighted by Gasteiger charge is -2.33. The van der Waals surface area contributed by atoms with E-state index in [9.17, 15) is 14.0 Å². The van der Waals surface area contributed by atoms with E-state index >= 15 is 0 Å². The largest absolute Gasteiger partial charge is 0.465 e. The van der Waals surface area contributed by atoms with Gasteiger partial charge in [-0.2, -0.15) is 0 Å². The lowest BCUT2D eigenvalue weighted by Crippen LogP contribution is -2.47. The van der Waals surface area contributed by atoms with Crippen LogP contribution in [0.4, 0.5) is 4.39 Å². The summed E-state index contributed by atoms with van der Waals surface area (Å²) in [6.45, 7) is 3.31. The molecule has 1 unspecified atom stereocenters. The van der Waals surface area contributed by atoms with Crippen LogP contribution in [-0.2, 0) is 16.0 Å². The molecule has 1 heterocycles. The summed E-state index contributed by atoms with van der Waals surface area (Å²) in [5.74, 6) is -1.54. The second-order valence-corrected chi connectivity index (χ2v) is 6.92. The predicted molar refractivity (Wildman–Crippen MR) is 109 cm³/mol. The summed E-state index contributed by atoms with van der Waals surface area (Å²) in [5, 5.41) is 0. The molecular formula is C23H25FN2O3. The highest BCUT2D eigenvalue weighted by molar-refractivity contribution is 6.05. The van der Waals surface area contributed by atoms with Gasteiger partial charge in [-0.25, -0.2) is 4.39 Å². The standard InChI is InChI=1S/C23H25FN2O3/c1-2-29-23(28)20-16-26(22(27)18-8-10-19(24)11-9-18)15-13-21(20)25-14-12-17-6-4-3-5-7-17/h3-11,20H,2,12-16H2,1H3. The minimum absolute atomic E-state index is 0.220. The Labute approximate surface area is 170 Å². The zero-order valence-corrected chi connectivity index (χ0v) is 16.5. The molecule has 0 bridgehead atoms. The van der Waals surface area contributed by atoms with Gasteiger partial charge in [0.2, 0.25) is 0 Å². The molecule has 0 aromatic heterocycles. The highest BCUT2D eigenvalue weighted by Gasteiger charge is 2.34. The fraction of sp³-hybridized carbons (Fsp3) is 0.348. The molecule has 0 aliphatic carbocycles. The van der Waals surface area contributed by atoms with Gasteiger partial charge in [-0.15, -0.1) is 0 Å². The molecular weight excluding hydrogens is 371 g/mol. The van der Waals surface area contributed by atoms with Gasteiger partial charge in [-0.1, -0.05) is 30.3 Å². The van der Waals surface area contributed by atoms with Crippen molar-refractivity contribution in [1.82, 2.24) is 4.90 Å². The number of piperidine rings is 1. The van der Waals surface area contributed by atoms with Gasteiger partial charge in [-0.3, -0.25) is 14.6 Å². The van der Waals surface area contributed by atoms with Crippen molar-refractivity contribution in [2.45, 2.75) is 19.8 Å². The predicted octanol–water partition coefficient (Wildman–Crippen LogP) is 3.53. The molecule has 5 nitrogen and oxygen atoms in total. The molecule has 29 heavy (non-hydrogen) atoms. The summed E-state index contributed by atoms with van der Waals surface area (Å²) in [6.07, 6.45) is 1.31. The number of rotatable bonds is 6. The molecule has 1 fully saturated rings. The van der Waals surface area contributed by atoms with Crippen LogP contribution in [0.3, 0.4) is 0 Å². The van der Waals surface area contributed by atoms with Crippen LogP contribution in [0, 0.1) is 11.7 Å². The summed E-state index contributed by atoms with van der Waals surface area (Å²) < 4.78 is 18.4. The lowest BCUT2D eigenvalue weighted by atomic mass is 9.94. The molecule has 1 amide bonds. The Morgan fingerprint density at radius 3 is 2.55 bits per heavy atom. The number of carbonyl (C=O) groups is 2. The van der Waals surface area contributed by atoms with Crippen LogP contribution in [0.5, 0.6) is 0 Å². The number of aliphatic imine (C=N–C) groups is 1. The molecule has 1 saturated heterocycles. The van der Waals surface area contributed by atoms with Gasteiger partial charge < -0.3 is 9.64 Å². The number of ether oxygens (including phenoxy) is 1. The minimum atomic E-state index is -0.566. The number of carbonyl (C=O) groups excluding carboxylic acids is 2. The number of likely N-dealkylation sites (tertiary alicyclic amines) is 1. The monoisotopic (exact) mass is 396 g/mol. The number of hydrogen-bond donors (Lipinski definition) is 0. The Morgan fingerprint density at radius 2 is 1.86 bits per heavy atom. The van der Waals surface area contributed by atoms with Crippen molar-refractivity contribution in [2.75, 3.05) is 26.2 Å². The van der Waals surface area contributed by atoms with E-state index in [-0.39, 0.29) is 25.0 Å². The van der Waals surface area contributed by atoms with Crippen LogP contribution in [0.15, 0.2) is 59.6 Å². The second-order valence-electron chi connectivity index (χ2n) is 6.92. The van der Waals surface area contributed by atoms with E-state index in [1.54, 1.807) is 11.8 Å². The molecule has 1 aliphatic heterocycles. The first-order valence-electron chi connectivity index (χ1n) is 9.87. The van der Waals surface area contributed by atoms with Crippen molar-refractivity contribution in [2.24, 2.45) is 10.9 Å². The maximum Gasteiger partial charge on any atom is 0.316 e. The first-order chi connectivity index (χ1) is 14.1. The molecule has 2 aromatic carbocycles. The number of nitrogens with zero attached hydrogens (tertiary/aromatic N) is 2. The van der Waals surface area contributed by atoms with Crippen molar-refractivity contribution >= 4 is 17.6 Å². The quantitative estimate of drug-likeness (QED) is 0.702. The van der Waals surface area contributed by atoms with Crippen molar-refractivity contribution in [3.05, 3.63) is 71.5 Å².